The van der Waals surface area contributed by atoms with Gasteiger partial charge in [0.15, 0.2) is 0 Å². The Morgan fingerprint density at radius 3 is 2.67 bits per heavy atom. The van der Waals surface area contributed by atoms with Gasteiger partial charge >= 0.3 is 5.97 Å². The molecule has 0 saturated heterocycles. The van der Waals surface area contributed by atoms with E-state index in [4.69, 9.17) is 27.9 Å². The first kappa shape index (κ1) is 20.8. The molecule has 8 heteroatoms. The second-order valence-electron chi connectivity index (χ2n) is 5.19. The average molecular weight is 372 g/mol. The SMILES string of the molecule is COC(=O)C[C@H](Cc1cccc(N(CCCl)CCCl)c1)N[B]C=O. The number of alkyl halides is 2. The van der Waals surface area contributed by atoms with E-state index in [0.717, 1.165) is 11.3 Å². The lowest BCUT2D eigenvalue weighted by molar-refractivity contribution is -0.141. The molecule has 0 amide bonds. The number of methoxy groups -OCH3 is 1. The number of rotatable bonds is 12. The number of benzene rings is 1. The number of hydrogen-bond donors (Lipinski definition) is 1. The highest BCUT2D eigenvalue weighted by atomic mass is 35.5. The van der Waals surface area contributed by atoms with Crippen LogP contribution >= 0.6 is 23.2 Å². The maximum atomic E-state index is 11.5. The Balaban J connectivity index is 2.84. The van der Waals surface area contributed by atoms with Crippen LogP contribution in [0.5, 0.6) is 0 Å². The molecule has 0 aliphatic rings. The van der Waals surface area contributed by atoms with Crippen LogP contribution in [0.3, 0.4) is 0 Å². The first-order valence-electron chi connectivity index (χ1n) is 7.70. The highest BCUT2D eigenvalue weighted by Gasteiger charge is 2.15. The van der Waals surface area contributed by atoms with Crippen molar-refractivity contribution in [3.8, 4) is 0 Å². The van der Waals surface area contributed by atoms with Gasteiger partial charge < -0.3 is 19.7 Å². The number of carbonyl (C=O) groups excluding carboxylic acids is 2. The van der Waals surface area contributed by atoms with E-state index in [0.29, 0.717) is 37.5 Å². The maximum absolute atomic E-state index is 11.5. The van der Waals surface area contributed by atoms with Crippen LogP contribution in [0.25, 0.3) is 0 Å². The molecular weight excluding hydrogens is 350 g/mol. The summed E-state index contributed by atoms with van der Waals surface area (Å²) in [4.78, 5) is 24.2. The minimum Gasteiger partial charge on any atom is -0.469 e. The number of anilines is 1. The molecular formula is C16H22BCl2N2O3. The van der Waals surface area contributed by atoms with Crippen molar-refractivity contribution >= 4 is 48.5 Å². The van der Waals surface area contributed by atoms with Gasteiger partial charge in [-0.15, -0.1) is 23.2 Å². The summed E-state index contributed by atoms with van der Waals surface area (Å²) in [5, 5.41) is 2.93. The van der Waals surface area contributed by atoms with E-state index in [-0.39, 0.29) is 18.4 Å². The molecule has 24 heavy (non-hydrogen) atoms. The van der Waals surface area contributed by atoms with Gasteiger partial charge in [-0.25, -0.2) is 0 Å². The van der Waals surface area contributed by atoms with Gasteiger partial charge in [0.25, 0.3) is 7.41 Å². The van der Waals surface area contributed by atoms with Gasteiger partial charge in [-0.3, -0.25) is 4.79 Å². The molecule has 0 spiro atoms. The summed E-state index contributed by atoms with van der Waals surface area (Å²) >= 11 is 11.7. The van der Waals surface area contributed by atoms with Gasteiger partial charge in [-0.05, 0) is 24.1 Å². The number of carbonyl (C=O) groups is 2. The van der Waals surface area contributed by atoms with Crippen molar-refractivity contribution in [1.29, 1.82) is 0 Å². The average Bonchev–Trinajstić information content (AvgIpc) is 2.59. The third-order valence-electron chi connectivity index (χ3n) is 3.51. The van der Waals surface area contributed by atoms with Crippen molar-refractivity contribution in [3.63, 3.8) is 0 Å². The number of ether oxygens (including phenoxy) is 1. The molecule has 1 N–H and O–H groups in total. The summed E-state index contributed by atoms with van der Waals surface area (Å²) in [7, 11) is 2.64. The largest absolute Gasteiger partial charge is 0.469 e. The Bertz CT molecular complexity index is 514. The summed E-state index contributed by atoms with van der Waals surface area (Å²) in [6.45, 7) is 1.42. The highest BCUT2D eigenvalue weighted by Crippen LogP contribution is 2.18. The standard InChI is InChI=1S/C16H22BCl2N2O3/c1-24-16(23)11-14(20-17-12-22)9-13-3-2-4-15(10-13)21(7-5-18)8-6-19/h2-4,10,12,14,20H,5-9,11H2,1H3/t14-/m0/s1. The van der Waals surface area contributed by atoms with E-state index < -0.39 is 0 Å². The first-order valence-corrected chi connectivity index (χ1v) is 8.77. The number of nitrogens with zero attached hydrogens (tertiary/aromatic N) is 1. The molecule has 1 radical (unpaired) electrons. The predicted molar refractivity (Wildman–Crippen MR) is 99.9 cm³/mol. The fraction of sp³-hybridized carbons (Fsp3) is 0.500. The minimum absolute atomic E-state index is 0.179. The van der Waals surface area contributed by atoms with Crippen molar-refractivity contribution in [1.82, 2.24) is 5.23 Å². The Hall–Kier alpha value is -1.24. The van der Waals surface area contributed by atoms with E-state index in [9.17, 15) is 9.59 Å². The van der Waals surface area contributed by atoms with Gasteiger partial charge in [-0.1, -0.05) is 12.1 Å². The van der Waals surface area contributed by atoms with Gasteiger partial charge in [0.05, 0.1) is 19.7 Å². The minimum atomic E-state index is -0.325. The number of esters is 1. The Kier molecular flexibility index (Phi) is 10.6. The van der Waals surface area contributed by atoms with Crippen LogP contribution in [0.1, 0.15) is 12.0 Å². The lowest BCUT2D eigenvalue weighted by Crippen LogP contribution is -2.37. The third-order valence-corrected chi connectivity index (χ3v) is 3.85. The highest BCUT2D eigenvalue weighted by molar-refractivity contribution is 6.64. The molecule has 0 aromatic heterocycles. The van der Waals surface area contributed by atoms with E-state index in [1.165, 1.54) is 14.5 Å². The van der Waals surface area contributed by atoms with Crippen molar-refractivity contribution in [2.24, 2.45) is 0 Å². The second kappa shape index (κ2) is 12.2. The van der Waals surface area contributed by atoms with Gasteiger partial charge in [0.1, 0.15) is 0 Å². The lowest BCUT2D eigenvalue weighted by atomic mass is 9.92. The van der Waals surface area contributed by atoms with Crippen LogP contribution in [0.2, 0.25) is 0 Å². The summed E-state index contributed by atoms with van der Waals surface area (Å²) in [5.41, 5.74) is 2.08. The molecule has 131 valence electrons. The van der Waals surface area contributed by atoms with Crippen molar-refractivity contribution in [3.05, 3.63) is 29.8 Å². The Morgan fingerprint density at radius 2 is 2.08 bits per heavy atom. The zero-order valence-corrected chi connectivity index (χ0v) is 15.2. The normalized spacial score (nSPS) is 11.6. The number of halogens is 2. The van der Waals surface area contributed by atoms with Crippen molar-refractivity contribution < 1.29 is 14.3 Å². The zero-order valence-electron chi connectivity index (χ0n) is 13.7. The quantitative estimate of drug-likeness (QED) is 0.263. The summed E-state index contributed by atoms with van der Waals surface area (Å²) in [5.74, 6) is 0.706. The van der Waals surface area contributed by atoms with Gasteiger partial charge in [0, 0.05) is 36.6 Å². The molecule has 0 bridgehead atoms. The molecule has 0 saturated carbocycles. The third kappa shape index (κ3) is 7.56. The summed E-state index contributed by atoms with van der Waals surface area (Å²) in [6.07, 6.45) is 1.42. The van der Waals surface area contributed by atoms with Crippen LogP contribution in [-0.2, 0) is 20.7 Å². The van der Waals surface area contributed by atoms with Gasteiger partial charge in [-0.2, -0.15) is 0 Å². The Morgan fingerprint density at radius 1 is 1.38 bits per heavy atom. The molecule has 1 aromatic carbocycles. The molecule has 0 unspecified atom stereocenters. The zero-order chi connectivity index (χ0) is 17.8. The van der Waals surface area contributed by atoms with E-state index in [1.807, 2.05) is 24.3 Å². The summed E-state index contributed by atoms with van der Waals surface area (Å²) in [6, 6.07) is 7.77. The van der Waals surface area contributed by atoms with Crippen LogP contribution in [0.4, 0.5) is 5.69 Å². The molecule has 5 nitrogen and oxygen atoms in total. The molecule has 1 aromatic rings. The number of hydrogen-bond acceptors (Lipinski definition) is 5. The molecule has 1 rings (SSSR count). The van der Waals surface area contributed by atoms with Crippen LogP contribution < -0.4 is 10.1 Å². The van der Waals surface area contributed by atoms with Gasteiger partial charge in [0.2, 0.25) is 0 Å². The van der Waals surface area contributed by atoms with Crippen molar-refractivity contribution in [2.45, 2.75) is 18.9 Å². The number of nitrogens with one attached hydrogen (secondary N) is 1. The van der Waals surface area contributed by atoms with Crippen LogP contribution in [-0.4, -0.2) is 57.6 Å². The van der Waals surface area contributed by atoms with E-state index >= 15 is 0 Å². The lowest BCUT2D eigenvalue weighted by Gasteiger charge is -2.24. The van der Waals surface area contributed by atoms with Crippen molar-refractivity contribution in [2.75, 3.05) is 36.9 Å². The van der Waals surface area contributed by atoms with E-state index in [2.05, 4.69) is 10.1 Å². The molecule has 1 atom stereocenters. The van der Waals surface area contributed by atoms with Crippen LogP contribution in [0.15, 0.2) is 24.3 Å². The van der Waals surface area contributed by atoms with Crippen LogP contribution in [0, 0.1) is 0 Å². The molecule has 0 fully saturated rings. The fourth-order valence-corrected chi connectivity index (χ4v) is 2.80. The van der Waals surface area contributed by atoms with E-state index in [1.54, 1.807) is 0 Å². The Labute approximate surface area is 153 Å². The maximum Gasteiger partial charge on any atom is 0.307 e. The molecule has 0 aliphatic carbocycles. The smallest absolute Gasteiger partial charge is 0.307 e. The monoisotopic (exact) mass is 371 g/mol. The predicted octanol–water partition coefficient (Wildman–Crippen LogP) is 1.84. The molecule has 0 aliphatic heterocycles. The second-order valence-corrected chi connectivity index (χ2v) is 5.94. The first-order chi connectivity index (χ1) is 11.6. The fourth-order valence-electron chi connectivity index (χ4n) is 2.39. The molecule has 0 heterocycles. The topological polar surface area (TPSA) is 58.6 Å². The summed E-state index contributed by atoms with van der Waals surface area (Å²) < 4.78 is 4.71.